The highest BCUT2D eigenvalue weighted by atomic mass is 127. The summed E-state index contributed by atoms with van der Waals surface area (Å²) in [5.41, 5.74) is 3.69. The van der Waals surface area contributed by atoms with Crippen molar-refractivity contribution < 1.29 is 0 Å². The molecule has 0 aliphatic heterocycles. The Balaban J connectivity index is 0.00000400. The lowest BCUT2D eigenvalue weighted by Crippen LogP contribution is -2.43. The van der Waals surface area contributed by atoms with Crippen molar-refractivity contribution in [3.05, 3.63) is 17.0 Å². The van der Waals surface area contributed by atoms with Gasteiger partial charge in [-0.2, -0.15) is 5.10 Å². The molecule has 21 heavy (non-hydrogen) atoms. The van der Waals surface area contributed by atoms with E-state index in [2.05, 4.69) is 55.3 Å². The zero-order chi connectivity index (χ0) is 15.1. The van der Waals surface area contributed by atoms with Crippen molar-refractivity contribution in [2.75, 3.05) is 13.1 Å². The maximum atomic E-state index is 4.54. The molecule has 0 aromatic carbocycles. The van der Waals surface area contributed by atoms with Crippen molar-refractivity contribution in [2.45, 2.75) is 53.5 Å². The first kappa shape index (κ1) is 20.2. The topological polar surface area (TPSA) is 54.2 Å². The molecular weight excluding hydrogens is 377 g/mol. The van der Waals surface area contributed by atoms with Gasteiger partial charge >= 0.3 is 0 Å². The van der Waals surface area contributed by atoms with E-state index in [1.807, 2.05) is 11.7 Å². The standard InChI is InChI=1S/C15H29N5.HI/c1-7-9-17-15(16-8-2)18-11(3)10-14-12(4)19-20(6)13(14)5;/h11H,7-10H2,1-6H3,(H2,16,17,18);1H. The van der Waals surface area contributed by atoms with Gasteiger partial charge in [-0.15, -0.1) is 24.0 Å². The van der Waals surface area contributed by atoms with Crippen LogP contribution in [-0.2, 0) is 13.5 Å². The van der Waals surface area contributed by atoms with Crippen molar-refractivity contribution in [3.8, 4) is 0 Å². The van der Waals surface area contributed by atoms with Crippen LogP contribution < -0.4 is 10.6 Å². The molecule has 5 nitrogen and oxygen atoms in total. The minimum atomic E-state index is 0. The molecule has 0 bridgehead atoms. The lowest BCUT2D eigenvalue weighted by Gasteiger charge is -2.18. The molecule has 1 rings (SSSR count). The quantitative estimate of drug-likeness (QED) is 0.433. The molecule has 1 aromatic rings. The molecule has 2 N–H and O–H groups in total. The van der Waals surface area contributed by atoms with Crippen LogP contribution in [0.3, 0.4) is 0 Å². The van der Waals surface area contributed by atoms with Gasteiger partial charge in [0.05, 0.1) is 5.69 Å². The van der Waals surface area contributed by atoms with Gasteiger partial charge in [0.1, 0.15) is 0 Å². The summed E-state index contributed by atoms with van der Waals surface area (Å²) in [4.78, 5) is 4.54. The Morgan fingerprint density at radius 3 is 2.48 bits per heavy atom. The number of hydrogen-bond donors (Lipinski definition) is 2. The number of nitrogens with zero attached hydrogens (tertiary/aromatic N) is 3. The smallest absolute Gasteiger partial charge is 0.191 e. The minimum absolute atomic E-state index is 0. The summed E-state index contributed by atoms with van der Waals surface area (Å²) in [7, 11) is 2.00. The predicted molar refractivity (Wildman–Crippen MR) is 101 cm³/mol. The molecule has 0 aliphatic rings. The highest BCUT2D eigenvalue weighted by Crippen LogP contribution is 2.14. The molecule has 0 radical (unpaired) electrons. The van der Waals surface area contributed by atoms with E-state index in [0.29, 0.717) is 6.04 Å². The van der Waals surface area contributed by atoms with Gasteiger partial charge < -0.3 is 10.6 Å². The van der Waals surface area contributed by atoms with Gasteiger partial charge in [-0.25, -0.2) is 0 Å². The van der Waals surface area contributed by atoms with E-state index in [-0.39, 0.29) is 24.0 Å². The van der Waals surface area contributed by atoms with Gasteiger partial charge in [-0.05, 0) is 46.1 Å². The van der Waals surface area contributed by atoms with Crippen molar-refractivity contribution in [1.82, 2.24) is 20.4 Å². The maximum absolute atomic E-state index is 4.54. The molecular formula is C15H30IN5. The van der Waals surface area contributed by atoms with Gasteiger partial charge in [0.25, 0.3) is 0 Å². The fourth-order valence-corrected chi connectivity index (χ4v) is 2.25. The van der Waals surface area contributed by atoms with Crippen molar-refractivity contribution in [2.24, 2.45) is 12.0 Å². The number of nitrogens with one attached hydrogen (secondary N) is 2. The van der Waals surface area contributed by atoms with Crippen LogP contribution in [0.15, 0.2) is 4.99 Å². The van der Waals surface area contributed by atoms with Crippen LogP contribution in [0.1, 0.15) is 44.1 Å². The Morgan fingerprint density at radius 1 is 1.33 bits per heavy atom. The van der Waals surface area contributed by atoms with E-state index in [4.69, 9.17) is 0 Å². The number of aliphatic imine (C=N–C) groups is 1. The number of hydrogen-bond acceptors (Lipinski definition) is 2. The fourth-order valence-electron chi connectivity index (χ4n) is 2.25. The summed E-state index contributed by atoms with van der Waals surface area (Å²) < 4.78 is 1.95. The third kappa shape index (κ3) is 6.23. The number of aryl methyl sites for hydroxylation is 2. The molecule has 1 unspecified atom stereocenters. The molecule has 122 valence electrons. The van der Waals surface area contributed by atoms with Gasteiger partial charge in [0.2, 0.25) is 0 Å². The molecule has 1 atom stereocenters. The number of guanidine groups is 1. The molecule has 1 heterocycles. The van der Waals surface area contributed by atoms with Crippen LogP contribution in [0, 0.1) is 13.8 Å². The summed E-state index contributed by atoms with van der Waals surface area (Å²) in [6.45, 7) is 12.3. The Morgan fingerprint density at radius 2 is 2.00 bits per heavy atom. The minimum Gasteiger partial charge on any atom is -0.357 e. The number of halogens is 1. The Kier molecular flexibility index (Phi) is 9.65. The van der Waals surface area contributed by atoms with E-state index < -0.39 is 0 Å². The van der Waals surface area contributed by atoms with E-state index in [9.17, 15) is 0 Å². The number of rotatable bonds is 6. The average Bonchev–Trinajstić information content (AvgIpc) is 2.63. The Hall–Kier alpha value is -0.790. The summed E-state index contributed by atoms with van der Waals surface area (Å²) in [6, 6.07) is 0.325. The second-order valence-corrected chi connectivity index (χ2v) is 5.28. The Labute approximate surface area is 146 Å². The Bertz CT molecular complexity index is 453. The first-order valence-electron chi connectivity index (χ1n) is 7.53. The average molecular weight is 407 g/mol. The van der Waals surface area contributed by atoms with Crippen molar-refractivity contribution in [3.63, 3.8) is 0 Å². The zero-order valence-corrected chi connectivity index (χ0v) is 16.5. The van der Waals surface area contributed by atoms with Gasteiger partial charge in [0, 0.05) is 31.9 Å². The van der Waals surface area contributed by atoms with E-state index >= 15 is 0 Å². The third-order valence-electron chi connectivity index (χ3n) is 3.39. The monoisotopic (exact) mass is 407 g/mol. The van der Waals surface area contributed by atoms with Crippen molar-refractivity contribution >= 4 is 29.9 Å². The zero-order valence-electron chi connectivity index (χ0n) is 14.2. The largest absolute Gasteiger partial charge is 0.357 e. The highest BCUT2D eigenvalue weighted by molar-refractivity contribution is 14.0. The molecule has 0 amide bonds. The SMILES string of the molecule is CCCN=C(NCC)NC(C)Cc1c(C)nn(C)c1C.I. The first-order valence-corrected chi connectivity index (χ1v) is 7.53. The van der Waals surface area contributed by atoms with Crippen molar-refractivity contribution in [1.29, 1.82) is 0 Å². The van der Waals surface area contributed by atoms with E-state index in [1.165, 1.54) is 11.3 Å². The molecule has 0 spiro atoms. The lowest BCUT2D eigenvalue weighted by atomic mass is 10.1. The van der Waals surface area contributed by atoms with E-state index in [1.54, 1.807) is 0 Å². The van der Waals surface area contributed by atoms with Crippen LogP contribution >= 0.6 is 24.0 Å². The summed E-state index contributed by atoms with van der Waals surface area (Å²) in [5.74, 6) is 0.904. The number of aromatic nitrogens is 2. The summed E-state index contributed by atoms with van der Waals surface area (Å²) in [5, 5.41) is 11.2. The lowest BCUT2D eigenvalue weighted by molar-refractivity contribution is 0.635. The van der Waals surface area contributed by atoms with Crippen LogP contribution in [0.2, 0.25) is 0 Å². The third-order valence-corrected chi connectivity index (χ3v) is 3.39. The van der Waals surface area contributed by atoms with Gasteiger partial charge in [-0.1, -0.05) is 6.92 Å². The van der Waals surface area contributed by atoms with Crippen LogP contribution in [0.5, 0.6) is 0 Å². The second-order valence-electron chi connectivity index (χ2n) is 5.28. The summed E-state index contributed by atoms with van der Waals surface area (Å²) >= 11 is 0. The molecule has 0 fully saturated rings. The van der Waals surface area contributed by atoms with E-state index in [0.717, 1.165) is 37.6 Å². The van der Waals surface area contributed by atoms with Gasteiger partial charge in [-0.3, -0.25) is 9.67 Å². The van der Waals surface area contributed by atoms with Crippen LogP contribution in [-0.4, -0.2) is 34.9 Å². The molecule has 0 saturated carbocycles. The fraction of sp³-hybridized carbons (Fsp3) is 0.733. The van der Waals surface area contributed by atoms with Crippen LogP contribution in [0.4, 0.5) is 0 Å². The first-order chi connectivity index (χ1) is 9.49. The molecule has 1 aromatic heterocycles. The summed E-state index contributed by atoms with van der Waals surface area (Å²) in [6.07, 6.45) is 2.02. The molecule has 0 saturated heterocycles. The highest BCUT2D eigenvalue weighted by Gasteiger charge is 2.13. The van der Waals surface area contributed by atoms with Crippen LogP contribution in [0.25, 0.3) is 0 Å². The molecule has 0 aliphatic carbocycles. The second kappa shape index (κ2) is 10.0. The normalized spacial score (nSPS) is 12.8. The molecule has 6 heteroatoms. The van der Waals surface area contributed by atoms with Gasteiger partial charge in [0.15, 0.2) is 5.96 Å². The predicted octanol–water partition coefficient (Wildman–Crippen LogP) is 2.55. The maximum Gasteiger partial charge on any atom is 0.191 e.